The van der Waals surface area contributed by atoms with Gasteiger partial charge in [0.15, 0.2) is 6.10 Å². The first-order valence-corrected chi connectivity index (χ1v) is 9.37. The average molecular weight is 401 g/mol. The van der Waals surface area contributed by atoms with Crippen molar-refractivity contribution in [1.82, 2.24) is 0 Å². The van der Waals surface area contributed by atoms with E-state index < -0.39 is 17.7 Å². The van der Waals surface area contributed by atoms with E-state index in [0.717, 1.165) is 16.7 Å². The number of hydrogen-bond acceptors (Lipinski definition) is 5. The first-order chi connectivity index (χ1) is 13.3. The van der Waals surface area contributed by atoms with E-state index in [0.29, 0.717) is 22.3 Å². The first-order valence-electron chi connectivity index (χ1n) is 8.99. The SMILES string of the molecule is CCOC(=O)[C@@H](C)Oc1ccc2c(-c3ccc(C)cc3C)c(Cl)c(=O)oc2c1. The van der Waals surface area contributed by atoms with Crippen molar-refractivity contribution >= 4 is 28.5 Å². The van der Waals surface area contributed by atoms with Gasteiger partial charge in [0.25, 0.3) is 0 Å². The summed E-state index contributed by atoms with van der Waals surface area (Å²) in [6.45, 7) is 7.58. The molecule has 0 unspecified atom stereocenters. The normalized spacial score (nSPS) is 12.0. The second-order valence-electron chi connectivity index (χ2n) is 6.57. The quantitative estimate of drug-likeness (QED) is 0.442. The number of fused-ring (bicyclic) bond motifs is 1. The minimum Gasteiger partial charge on any atom is -0.479 e. The third kappa shape index (κ3) is 3.90. The lowest BCUT2D eigenvalue weighted by Crippen LogP contribution is -2.26. The molecule has 0 aliphatic carbocycles. The van der Waals surface area contributed by atoms with E-state index in [1.807, 2.05) is 32.0 Å². The third-order valence-electron chi connectivity index (χ3n) is 4.41. The van der Waals surface area contributed by atoms with Crippen molar-refractivity contribution in [2.75, 3.05) is 6.61 Å². The molecule has 0 aliphatic rings. The van der Waals surface area contributed by atoms with E-state index in [2.05, 4.69) is 0 Å². The summed E-state index contributed by atoms with van der Waals surface area (Å²) >= 11 is 6.32. The standard InChI is InChI=1S/C22H21ClO5/c1-5-26-21(24)14(4)27-15-7-9-17-18(11-15)28-22(25)20(23)19(17)16-8-6-12(2)10-13(16)3/h6-11,14H,5H2,1-4H3/t14-/m1/s1. The van der Waals surface area contributed by atoms with Crippen LogP contribution in [0.5, 0.6) is 5.75 Å². The van der Waals surface area contributed by atoms with Crippen LogP contribution >= 0.6 is 11.6 Å². The number of halogens is 1. The molecule has 0 fully saturated rings. The number of carbonyl (C=O) groups excluding carboxylic acids is 1. The predicted molar refractivity (Wildman–Crippen MR) is 109 cm³/mol. The van der Waals surface area contributed by atoms with Gasteiger partial charge in [0, 0.05) is 17.0 Å². The molecule has 2 aromatic carbocycles. The molecule has 3 rings (SSSR count). The second kappa shape index (κ2) is 8.07. The summed E-state index contributed by atoms with van der Waals surface area (Å²) in [6.07, 6.45) is -0.782. The van der Waals surface area contributed by atoms with Crippen molar-refractivity contribution in [1.29, 1.82) is 0 Å². The Morgan fingerprint density at radius 2 is 1.93 bits per heavy atom. The zero-order chi connectivity index (χ0) is 20.4. The fourth-order valence-electron chi connectivity index (χ4n) is 3.10. The highest BCUT2D eigenvalue weighted by Crippen LogP contribution is 2.36. The van der Waals surface area contributed by atoms with Crippen LogP contribution in [0, 0.1) is 13.8 Å². The molecule has 0 radical (unpaired) electrons. The number of esters is 1. The predicted octanol–water partition coefficient (Wildman–Crippen LogP) is 5.06. The lowest BCUT2D eigenvalue weighted by Gasteiger charge is -2.15. The topological polar surface area (TPSA) is 65.7 Å². The van der Waals surface area contributed by atoms with Crippen LogP contribution < -0.4 is 10.4 Å². The minimum atomic E-state index is -0.782. The fourth-order valence-corrected chi connectivity index (χ4v) is 3.34. The Kier molecular flexibility index (Phi) is 5.75. The molecule has 0 N–H and O–H groups in total. The number of rotatable bonds is 5. The Hall–Kier alpha value is -2.79. The van der Waals surface area contributed by atoms with E-state index in [1.165, 1.54) is 0 Å². The fraction of sp³-hybridized carbons (Fsp3) is 0.273. The van der Waals surface area contributed by atoms with Gasteiger partial charge in [-0.3, -0.25) is 0 Å². The van der Waals surface area contributed by atoms with E-state index >= 15 is 0 Å². The van der Waals surface area contributed by atoms with Gasteiger partial charge in [0.2, 0.25) is 0 Å². The summed E-state index contributed by atoms with van der Waals surface area (Å²) in [5.41, 5.74) is 3.31. The van der Waals surface area contributed by atoms with Crippen molar-refractivity contribution in [3.8, 4) is 16.9 Å². The molecule has 28 heavy (non-hydrogen) atoms. The lowest BCUT2D eigenvalue weighted by molar-refractivity contribution is -0.150. The van der Waals surface area contributed by atoms with E-state index in [-0.39, 0.29) is 11.6 Å². The van der Waals surface area contributed by atoms with Gasteiger partial charge in [-0.1, -0.05) is 35.4 Å². The Labute approximate surface area is 167 Å². The van der Waals surface area contributed by atoms with Gasteiger partial charge in [-0.05, 0) is 51.0 Å². The van der Waals surface area contributed by atoms with Crippen molar-refractivity contribution in [2.45, 2.75) is 33.8 Å². The number of carbonyl (C=O) groups is 1. The summed E-state index contributed by atoms with van der Waals surface area (Å²) in [5, 5.41) is 0.723. The van der Waals surface area contributed by atoms with Crippen LogP contribution in [0.1, 0.15) is 25.0 Å². The van der Waals surface area contributed by atoms with Crippen LogP contribution in [-0.4, -0.2) is 18.7 Å². The van der Waals surface area contributed by atoms with Crippen LogP contribution in [0.2, 0.25) is 5.02 Å². The molecule has 0 bridgehead atoms. The van der Waals surface area contributed by atoms with Gasteiger partial charge in [0.05, 0.1) is 6.61 Å². The molecule has 0 spiro atoms. The molecule has 6 heteroatoms. The molecule has 1 heterocycles. The van der Waals surface area contributed by atoms with Crippen molar-refractivity contribution in [2.24, 2.45) is 0 Å². The highest BCUT2D eigenvalue weighted by Gasteiger charge is 2.19. The molecule has 0 aliphatic heterocycles. The molecular weight excluding hydrogens is 380 g/mol. The summed E-state index contributed by atoms with van der Waals surface area (Å²) in [4.78, 5) is 24.1. The van der Waals surface area contributed by atoms with E-state index in [1.54, 1.807) is 32.0 Å². The van der Waals surface area contributed by atoms with Crippen LogP contribution in [0.25, 0.3) is 22.1 Å². The summed E-state index contributed by atoms with van der Waals surface area (Å²) in [7, 11) is 0. The highest BCUT2D eigenvalue weighted by molar-refractivity contribution is 6.34. The summed E-state index contributed by atoms with van der Waals surface area (Å²) < 4.78 is 15.9. The van der Waals surface area contributed by atoms with Crippen LogP contribution in [0.4, 0.5) is 0 Å². The molecular formula is C22H21ClO5. The van der Waals surface area contributed by atoms with Crippen molar-refractivity contribution in [3.63, 3.8) is 0 Å². The molecule has 1 aromatic heterocycles. The van der Waals surface area contributed by atoms with Crippen molar-refractivity contribution in [3.05, 3.63) is 63.0 Å². The summed E-state index contributed by atoms with van der Waals surface area (Å²) in [6, 6.07) is 11.0. The first kappa shape index (κ1) is 20.0. The monoisotopic (exact) mass is 400 g/mol. The van der Waals surface area contributed by atoms with E-state index in [9.17, 15) is 9.59 Å². The zero-order valence-corrected chi connectivity index (χ0v) is 16.9. The van der Waals surface area contributed by atoms with E-state index in [4.69, 9.17) is 25.5 Å². The number of benzene rings is 2. The number of aryl methyl sites for hydroxylation is 2. The minimum absolute atomic E-state index is 0.0352. The third-order valence-corrected chi connectivity index (χ3v) is 4.75. The Morgan fingerprint density at radius 3 is 2.61 bits per heavy atom. The molecule has 0 saturated carbocycles. The van der Waals surface area contributed by atoms with Gasteiger partial charge in [0.1, 0.15) is 16.4 Å². The zero-order valence-electron chi connectivity index (χ0n) is 16.2. The lowest BCUT2D eigenvalue weighted by atomic mass is 9.96. The Morgan fingerprint density at radius 1 is 1.18 bits per heavy atom. The maximum Gasteiger partial charge on any atom is 0.355 e. The van der Waals surface area contributed by atoms with Gasteiger partial charge in [-0.2, -0.15) is 0 Å². The molecule has 146 valence electrons. The van der Waals surface area contributed by atoms with Crippen LogP contribution in [0.15, 0.2) is 45.6 Å². The highest BCUT2D eigenvalue weighted by atomic mass is 35.5. The van der Waals surface area contributed by atoms with Gasteiger partial charge >= 0.3 is 11.6 Å². The molecule has 3 aromatic rings. The Balaban J connectivity index is 2.10. The van der Waals surface area contributed by atoms with Crippen LogP contribution in [0.3, 0.4) is 0 Å². The number of ether oxygens (including phenoxy) is 2. The van der Waals surface area contributed by atoms with Crippen molar-refractivity contribution < 1.29 is 18.7 Å². The molecule has 5 nitrogen and oxygen atoms in total. The molecule has 0 saturated heterocycles. The van der Waals surface area contributed by atoms with Gasteiger partial charge in [-0.15, -0.1) is 0 Å². The maximum atomic E-state index is 12.3. The maximum absolute atomic E-state index is 12.3. The van der Waals surface area contributed by atoms with Gasteiger partial charge in [-0.25, -0.2) is 9.59 Å². The van der Waals surface area contributed by atoms with Crippen LogP contribution in [-0.2, 0) is 9.53 Å². The number of hydrogen-bond donors (Lipinski definition) is 0. The average Bonchev–Trinajstić information content (AvgIpc) is 2.64. The molecule has 1 atom stereocenters. The smallest absolute Gasteiger partial charge is 0.355 e. The largest absolute Gasteiger partial charge is 0.479 e. The molecule has 0 amide bonds. The second-order valence-corrected chi connectivity index (χ2v) is 6.94. The Bertz CT molecular complexity index is 1100. The summed E-state index contributed by atoms with van der Waals surface area (Å²) in [5.74, 6) is -0.0683. The van der Waals surface area contributed by atoms with Gasteiger partial charge < -0.3 is 13.9 Å².